The van der Waals surface area contributed by atoms with Crippen molar-refractivity contribution >= 4 is 40.7 Å². The molecule has 0 aliphatic heterocycles. The number of carbonyl (C=O) groups is 2. The SMILES string of the molecule is O=C(CN(CC1CC1)C(=O)c1cccs1)Nc1nc(-c2ccccc2)cn1-c1ccc(F)c(Cl)c1. The van der Waals surface area contributed by atoms with E-state index in [1.807, 2.05) is 41.8 Å². The molecule has 1 aliphatic rings. The van der Waals surface area contributed by atoms with Crippen molar-refractivity contribution in [1.82, 2.24) is 14.5 Å². The van der Waals surface area contributed by atoms with Gasteiger partial charge >= 0.3 is 0 Å². The molecule has 35 heavy (non-hydrogen) atoms. The minimum atomic E-state index is -0.535. The van der Waals surface area contributed by atoms with E-state index in [1.165, 1.54) is 23.5 Å². The average molecular weight is 509 g/mol. The Morgan fingerprint density at radius 2 is 1.94 bits per heavy atom. The molecule has 1 aliphatic carbocycles. The maximum absolute atomic E-state index is 13.8. The Hall–Kier alpha value is -3.49. The van der Waals surface area contributed by atoms with Crippen LogP contribution in [0, 0.1) is 11.7 Å². The van der Waals surface area contributed by atoms with Gasteiger partial charge in [0.15, 0.2) is 0 Å². The van der Waals surface area contributed by atoms with E-state index in [0.717, 1.165) is 18.4 Å². The van der Waals surface area contributed by atoms with Crippen LogP contribution in [0.4, 0.5) is 10.3 Å². The molecule has 4 aromatic rings. The number of nitrogens with zero attached hydrogens (tertiary/aromatic N) is 3. The van der Waals surface area contributed by atoms with E-state index in [2.05, 4.69) is 10.3 Å². The number of rotatable bonds is 8. The van der Waals surface area contributed by atoms with Crippen LogP contribution in [0.25, 0.3) is 16.9 Å². The molecule has 2 aromatic carbocycles. The number of aromatic nitrogens is 2. The first-order chi connectivity index (χ1) is 17.0. The molecule has 6 nitrogen and oxygen atoms in total. The molecule has 1 fully saturated rings. The second-order valence-electron chi connectivity index (χ2n) is 8.44. The number of anilines is 1. The minimum absolute atomic E-state index is 0.0353. The molecule has 0 unspecified atom stereocenters. The van der Waals surface area contributed by atoms with E-state index in [4.69, 9.17) is 11.6 Å². The average Bonchev–Trinajstić information content (AvgIpc) is 3.33. The molecule has 0 atom stereocenters. The van der Waals surface area contributed by atoms with Crippen molar-refractivity contribution in [2.75, 3.05) is 18.4 Å². The van der Waals surface area contributed by atoms with E-state index < -0.39 is 5.82 Å². The standard InChI is InChI=1S/C26H22ClFN4O2S/c27-20-13-19(10-11-21(20)28)32-15-22(18-5-2-1-3-6-18)29-26(32)30-24(33)16-31(14-17-8-9-17)25(34)23-7-4-12-35-23/h1-7,10-13,15,17H,8-9,14,16H2,(H,29,30,33). The Balaban J connectivity index is 1.42. The highest BCUT2D eigenvalue weighted by molar-refractivity contribution is 7.12. The molecule has 0 bridgehead atoms. The predicted octanol–water partition coefficient (Wildman–Crippen LogP) is 5.88. The minimum Gasteiger partial charge on any atom is -0.328 e. The number of hydrogen-bond donors (Lipinski definition) is 1. The molecular formula is C26H22ClFN4O2S. The molecule has 0 spiro atoms. The van der Waals surface area contributed by atoms with Gasteiger partial charge in [-0.2, -0.15) is 0 Å². The first-order valence-corrected chi connectivity index (χ1v) is 12.5. The van der Waals surface area contributed by atoms with E-state index in [-0.39, 0.29) is 29.3 Å². The summed E-state index contributed by atoms with van der Waals surface area (Å²) in [7, 11) is 0. The summed E-state index contributed by atoms with van der Waals surface area (Å²) in [6.45, 7) is 0.451. The summed E-state index contributed by atoms with van der Waals surface area (Å²) in [4.78, 5) is 32.9. The summed E-state index contributed by atoms with van der Waals surface area (Å²) >= 11 is 7.37. The lowest BCUT2D eigenvalue weighted by Crippen LogP contribution is -2.39. The van der Waals surface area contributed by atoms with Gasteiger partial charge in [0.25, 0.3) is 5.91 Å². The van der Waals surface area contributed by atoms with Gasteiger partial charge in [-0.3, -0.25) is 19.5 Å². The number of amides is 2. The maximum atomic E-state index is 13.8. The molecule has 0 saturated heterocycles. The Kier molecular flexibility index (Phi) is 6.66. The smallest absolute Gasteiger partial charge is 0.264 e. The number of imidazole rings is 1. The lowest BCUT2D eigenvalue weighted by Gasteiger charge is -2.21. The zero-order chi connectivity index (χ0) is 24.4. The number of hydrogen-bond acceptors (Lipinski definition) is 4. The van der Waals surface area contributed by atoms with E-state index in [1.54, 1.807) is 27.8 Å². The summed E-state index contributed by atoms with van der Waals surface area (Å²) in [6, 6.07) is 17.4. The molecular weight excluding hydrogens is 487 g/mol. The third-order valence-electron chi connectivity index (χ3n) is 5.74. The van der Waals surface area contributed by atoms with Crippen LogP contribution >= 0.6 is 22.9 Å². The van der Waals surface area contributed by atoms with Crippen LogP contribution in [0.3, 0.4) is 0 Å². The number of thiophene rings is 1. The summed E-state index contributed by atoms with van der Waals surface area (Å²) < 4.78 is 15.4. The lowest BCUT2D eigenvalue weighted by atomic mass is 10.2. The fourth-order valence-corrected chi connectivity index (χ4v) is 4.64. The molecule has 5 rings (SSSR count). The van der Waals surface area contributed by atoms with Crippen LogP contribution in [-0.4, -0.2) is 39.4 Å². The largest absolute Gasteiger partial charge is 0.328 e. The normalized spacial score (nSPS) is 13.0. The van der Waals surface area contributed by atoms with Gasteiger partial charge < -0.3 is 4.90 Å². The predicted molar refractivity (Wildman–Crippen MR) is 136 cm³/mol. The number of benzene rings is 2. The van der Waals surface area contributed by atoms with Gasteiger partial charge in [0.2, 0.25) is 11.9 Å². The summed E-state index contributed by atoms with van der Waals surface area (Å²) in [6.07, 6.45) is 3.88. The Morgan fingerprint density at radius 3 is 2.63 bits per heavy atom. The highest BCUT2D eigenvalue weighted by atomic mass is 35.5. The number of nitrogens with one attached hydrogen (secondary N) is 1. The van der Waals surface area contributed by atoms with Crippen molar-refractivity contribution in [3.63, 3.8) is 0 Å². The van der Waals surface area contributed by atoms with E-state index >= 15 is 0 Å². The van der Waals surface area contributed by atoms with Crippen LogP contribution in [0.5, 0.6) is 0 Å². The fraction of sp³-hybridized carbons (Fsp3) is 0.192. The second kappa shape index (κ2) is 10.0. The Bertz CT molecular complexity index is 1350. The van der Waals surface area contributed by atoms with Gasteiger partial charge in [-0.25, -0.2) is 9.37 Å². The third kappa shape index (κ3) is 5.44. The van der Waals surface area contributed by atoms with Crippen LogP contribution < -0.4 is 5.32 Å². The zero-order valence-electron chi connectivity index (χ0n) is 18.7. The van der Waals surface area contributed by atoms with Crippen LogP contribution in [0.2, 0.25) is 5.02 Å². The van der Waals surface area contributed by atoms with Crippen molar-refractivity contribution in [3.8, 4) is 16.9 Å². The van der Waals surface area contributed by atoms with Gasteiger partial charge in [0.1, 0.15) is 12.4 Å². The molecule has 2 amide bonds. The fourth-order valence-electron chi connectivity index (χ4n) is 3.77. The first-order valence-electron chi connectivity index (χ1n) is 11.2. The zero-order valence-corrected chi connectivity index (χ0v) is 20.2. The first kappa shape index (κ1) is 23.3. The molecule has 2 aromatic heterocycles. The monoisotopic (exact) mass is 508 g/mol. The molecule has 2 heterocycles. The van der Waals surface area contributed by atoms with E-state index in [0.29, 0.717) is 28.7 Å². The number of carbonyl (C=O) groups excluding carboxylic acids is 2. The molecule has 1 N–H and O–H groups in total. The molecule has 0 radical (unpaired) electrons. The van der Waals surface area contributed by atoms with Crippen LogP contribution in [0.15, 0.2) is 72.2 Å². The van der Waals surface area contributed by atoms with Gasteiger partial charge in [0.05, 0.1) is 21.3 Å². The van der Waals surface area contributed by atoms with Gasteiger partial charge in [-0.15, -0.1) is 11.3 Å². The Labute approximate surface area is 211 Å². The van der Waals surface area contributed by atoms with Crippen molar-refractivity contribution in [2.24, 2.45) is 5.92 Å². The molecule has 1 saturated carbocycles. The van der Waals surface area contributed by atoms with E-state index in [9.17, 15) is 14.0 Å². The van der Waals surface area contributed by atoms with Crippen molar-refractivity contribution in [2.45, 2.75) is 12.8 Å². The number of halogens is 2. The maximum Gasteiger partial charge on any atom is 0.264 e. The third-order valence-corrected chi connectivity index (χ3v) is 6.88. The van der Waals surface area contributed by atoms with Gasteiger partial charge in [0, 0.05) is 18.3 Å². The van der Waals surface area contributed by atoms with Gasteiger partial charge in [-0.1, -0.05) is 48.0 Å². The highest BCUT2D eigenvalue weighted by Gasteiger charge is 2.29. The summed E-state index contributed by atoms with van der Waals surface area (Å²) in [5.41, 5.74) is 2.04. The summed E-state index contributed by atoms with van der Waals surface area (Å²) in [5.74, 6) is -0.366. The quantitative estimate of drug-likeness (QED) is 0.323. The van der Waals surface area contributed by atoms with Crippen LogP contribution in [0.1, 0.15) is 22.5 Å². The van der Waals surface area contributed by atoms with Crippen molar-refractivity contribution in [3.05, 3.63) is 88.0 Å². The molecule has 9 heteroatoms. The van der Waals surface area contributed by atoms with Gasteiger partial charge in [-0.05, 0) is 48.4 Å². The van der Waals surface area contributed by atoms with Crippen molar-refractivity contribution in [1.29, 1.82) is 0 Å². The van der Waals surface area contributed by atoms with Crippen molar-refractivity contribution < 1.29 is 14.0 Å². The topological polar surface area (TPSA) is 67.2 Å². The summed E-state index contributed by atoms with van der Waals surface area (Å²) in [5, 5.41) is 4.65. The molecule has 178 valence electrons. The Morgan fingerprint density at radius 1 is 1.14 bits per heavy atom. The lowest BCUT2D eigenvalue weighted by molar-refractivity contribution is -0.117. The highest BCUT2D eigenvalue weighted by Crippen LogP contribution is 2.31. The second-order valence-corrected chi connectivity index (χ2v) is 9.79. The van der Waals surface area contributed by atoms with Crippen LogP contribution in [-0.2, 0) is 4.79 Å².